The monoisotopic (exact) mass is 358 g/mol. The summed E-state index contributed by atoms with van der Waals surface area (Å²) < 4.78 is 29.2. The zero-order valence-electron chi connectivity index (χ0n) is 11.6. The lowest BCUT2D eigenvalue weighted by atomic mass is 10.0. The Kier molecular flexibility index (Phi) is 5.44. The molecule has 0 aliphatic carbocycles. The van der Waals surface area contributed by atoms with E-state index in [1.165, 1.54) is 12.1 Å². The number of nitrogens with one attached hydrogen (secondary N) is 1. The Bertz CT molecular complexity index is 595. The Balaban J connectivity index is 2.29. The molecule has 2 aromatic rings. The number of hydrogen-bond donors (Lipinski definition) is 2. The van der Waals surface area contributed by atoms with Gasteiger partial charge < -0.3 is 0 Å². The van der Waals surface area contributed by atoms with Gasteiger partial charge in [0.2, 0.25) is 0 Å². The largest absolute Gasteiger partial charge is 0.271 e. The number of aromatic nitrogens is 2. The van der Waals surface area contributed by atoms with Crippen LogP contribution in [0.15, 0.2) is 28.9 Å². The Labute approximate surface area is 130 Å². The molecule has 0 saturated carbocycles. The fourth-order valence-electron chi connectivity index (χ4n) is 2.31. The summed E-state index contributed by atoms with van der Waals surface area (Å²) >= 11 is 3.44. The zero-order chi connectivity index (χ0) is 15.4. The van der Waals surface area contributed by atoms with Crippen molar-refractivity contribution in [2.75, 3.05) is 0 Å². The number of halogens is 3. The van der Waals surface area contributed by atoms with Crippen LogP contribution in [0.5, 0.6) is 0 Å². The van der Waals surface area contributed by atoms with Gasteiger partial charge in [0, 0.05) is 12.6 Å². The molecule has 21 heavy (non-hydrogen) atoms. The normalized spacial score (nSPS) is 12.6. The molecule has 0 radical (unpaired) electrons. The molecule has 2 rings (SSSR count). The Morgan fingerprint density at radius 1 is 1.33 bits per heavy atom. The number of rotatable bonds is 6. The smallest absolute Gasteiger partial charge is 0.126 e. The molecule has 1 unspecified atom stereocenters. The van der Waals surface area contributed by atoms with Crippen molar-refractivity contribution < 1.29 is 8.78 Å². The third-order valence-corrected chi connectivity index (χ3v) is 3.77. The van der Waals surface area contributed by atoms with Crippen LogP contribution in [0.25, 0.3) is 0 Å². The maximum Gasteiger partial charge on any atom is 0.126 e. The fourth-order valence-corrected chi connectivity index (χ4v) is 2.88. The molecule has 0 bridgehead atoms. The zero-order valence-corrected chi connectivity index (χ0v) is 13.2. The summed E-state index contributed by atoms with van der Waals surface area (Å²) in [5.41, 5.74) is 4.09. The molecule has 1 heterocycles. The lowest BCUT2D eigenvalue weighted by Gasteiger charge is -2.18. The van der Waals surface area contributed by atoms with E-state index in [0.29, 0.717) is 12.0 Å². The SMILES string of the molecule is CCCn1ncc(Br)c1C(Cc1cc(F)cc(F)c1)NN. The molecule has 0 amide bonds. The van der Waals surface area contributed by atoms with Crippen molar-refractivity contribution >= 4 is 15.9 Å². The Morgan fingerprint density at radius 2 is 2.00 bits per heavy atom. The molecule has 0 spiro atoms. The number of aryl methyl sites for hydroxylation is 1. The summed E-state index contributed by atoms with van der Waals surface area (Å²) in [5.74, 6) is 4.43. The Morgan fingerprint density at radius 3 is 2.57 bits per heavy atom. The van der Waals surface area contributed by atoms with Crippen LogP contribution in [0.3, 0.4) is 0 Å². The highest BCUT2D eigenvalue weighted by molar-refractivity contribution is 9.10. The van der Waals surface area contributed by atoms with Gasteiger partial charge in [0.1, 0.15) is 11.6 Å². The summed E-state index contributed by atoms with van der Waals surface area (Å²) in [6.45, 7) is 2.79. The maximum absolute atomic E-state index is 13.3. The molecule has 1 aromatic heterocycles. The summed E-state index contributed by atoms with van der Waals surface area (Å²) in [5, 5.41) is 4.28. The molecule has 3 N–H and O–H groups in total. The summed E-state index contributed by atoms with van der Waals surface area (Å²) in [7, 11) is 0. The molecule has 1 aromatic carbocycles. The first kappa shape index (κ1) is 16.1. The number of benzene rings is 1. The lowest BCUT2D eigenvalue weighted by Crippen LogP contribution is -2.31. The van der Waals surface area contributed by atoms with E-state index in [9.17, 15) is 8.78 Å². The molecule has 114 valence electrons. The van der Waals surface area contributed by atoms with Crippen LogP contribution < -0.4 is 11.3 Å². The van der Waals surface area contributed by atoms with E-state index >= 15 is 0 Å². The molecule has 0 aliphatic heterocycles. The standard InChI is InChI=1S/C14H17BrF2N4/c1-2-3-21-14(12(15)8-19-21)13(20-18)6-9-4-10(16)7-11(17)5-9/h4-5,7-8,13,20H,2-3,6,18H2,1H3. The van der Waals surface area contributed by atoms with Crippen molar-refractivity contribution in [1.82, 2.24) is 15.2 Å². The molecule has 0 saturated heterocycles. The van der Waals surface area contributed by atoms with Gasteiger partial charge in [0.05, 0.1) is 22.4 Å². The van der Waals surface area contributed by atoms with Gasteiger partial charge >= 0.3 is 0 Å². The second-order valence-electron chi connectivity index (χ2n) is 4.80. The topological polar surface area (TPSA) is 55.9 Å². The number of nitrogens with two attached hydrogens (primary N) is 1. The molecular formula is C14H17BrF2N4. The van der Waals surface area contributed by atoms with Crippen LogP contribution in [0.1, 0.15) is 30.6 Å². The minimum atomic E-state index is -0.595. The molecular weight excluding hydrogens is 342 g/mol. The summed E-state index contributed by atoms with van der Waals surface area (Å²) in [6.07, 6.45) is 2.98. The first-order valence-electron chi connectivity index (χ1n) is 6.67. The van der Waals surface area contributed by atoms with E-state index in [2.05, 4.69) is 26.5 Å². The molecule has 4 nitrogen and oxygen atoms in total. The highest BCUT2D eigenvalue weighted by Crippen LogP contribution is 2.26. The minimum Gasteiger partial charge on any atom is -0.271 e. The van der Waals surface area contributed by atoms with Gasteiger partial charge in [-0.05, 0) is 46.5 Å². The number of hydrazine groups is 1. The number of hydrogen-bond acceptors (Lipinski definition) is 3. The highest BCUT2D eigenvalue weighted by atomic mass is 79.9. The average Bonchev–Trinajstić information content (AvgIpc) is 2.77. The van der Waals surface area contributed by atoms with E-state index in [1.54, 1.807) is 6.20 Å². The van der Waals surface area contributed by atoms with Gasteiger partial charge in [0.15, 0.2) is 0 Å². The van der Waals surface area contributed by atoms with Crippen molar-refractivity contribution in [2.45, 2.75) is 32.4 Å². The van der Waals surface area contributed by atoms with Crippen LogP contribution >= 0.6 is 15.9 Å². The molecule has 0 fully saturated rings. The predicted molar refractivity (Wildman–Crippen MR) is 80.3 cm³/mol. The van der Waals surface area contributed by atoms with Crippen molar-refractivity contribution in [3.63, 3.8) is 0 Å². The van der Waals surface area contributed by atoms with Crippen LogP contribution in [0, 0.1) is 11.6 Å². The molecule has 1 atom stereocenters. The Hall–Kier alpha value is -1.31. The third kappa shape index (κ3) is 3.87. The van der Waals surface area contributed by atoms with Crippen molar-refractivity contribution in [3.05, 3.63) is 51.8 Å². The highest BCUT2D eigenvalue weighted by Gasteiger charge is 2.20. The van der Waals surface area contributed by atoms with Gasteiger partial charge in [-0.15, -0.1) is 0 Å². The van der Waals surface area contributed by atoms with Gasteiger partial charge in [-0.3, -0.25) is 16.0 Å². The van der Waals surface area contributed by atoms with Crippen LogP contribution in [0.2, 0.25) is 0 Å². The van der Waals surface area contributed by atoms with E-state index in [0.717, 1.165) is 29.2 Å². The third-order valence-electron chi connectivity index (χ3n) is 3.16. The second kappa shape index (κ2) is 7.11. The fraction of sp³-hybridized carbons (Fsp3) is 0.357. The first-order valence-corrected chi connectivity index (χ1v) is 7.46. The van der Waals surface area contributed by atoms with Crippen molar-refractivity contribution in [2.24, 2.45) is 5.84 Å². The molecule has 7 heteroatoms. The summed E-state index contributed by atoms with van der Waals surface area (Å²) in [6, 6.07) is 3.17. The number of nitrogens with zero attached hydrogens (tertiary/aromatic N) is 2. The lowest BCUT2D eigenvalue weighted by molar-refractivity contribution is 0.474. The predicted octanol–water partition coefficient (Wildman–Crippen LogP) is 3.08. The first-order chi connectivity index (χ1) is 10.0. The second-order valence-corrected chi connectivity index (χ2v) is 5.66. The van der Waals surface area contributed by atoms with Crippen molar-refractivity contribution in [1.29, 1.82) is 0 Å². The van der Waals surface area contributed by atoms with E-state index in [-0.39, 0.29) is 6.04 Å². The van der Waals surface area contributed by atoms with Crippen molar-refractivity contribution in [3.8, 4) is 0 Å². The van der Waals surface area contributed by atoms with E-state index < -0.39 is 11.6 Å². The molecule has 0 aliphatic rings. The van der Waals surface area contributed by atoms with Gasteiger partial charge in [0.25, 0.3) is 0 Å². The van der Waals surface area contributed by atoms with Gasteiger partial charge in [-0.2, -0.15) is 5.10 Å². The average molecular weight is 359 g/mol. The summed E-state index contributed by atoms with van der Waals surface area (Å²) in [4.78, 5) is 0. The maximum atomic E-state index is 13.3. The van der Waals surface area contributed by atoms with E-state index in [1.807, 2.05) is 11.6 Å². The van der Waals surface area contributed by atoms with Crippen LogP contribution in [-0.2, 0) is 13.0 Å². The minimum absolute atomic E-state index is 0.297. The van der Waals surface area contributed by atoms with Gasteiger partial charge in [-0.1, -0.05) is 6.92 Å². The van der Waals surface area contributed by atoms with Crippen LogP contribution in [-0.4, -0.2) is 9.78 Å². The quantitative estimate of drug-likeness (QED) is 0.616. The van der Waals surface area contributed by atoms with Gasteiger partial charge in [-0.25, -0.2) is 8.78 Å². The van der Waals surface area contributed by atoms with E-state index in [4.69, 9.17) is 5.84 Å². The van der Waals surface area contributed by atoms with Crippen LogP contribution in [0.4, 0.5) is 8.78 Å².